The summed E-state index contributed by atoms with van der Waals surface area (Å²) in [6.45, 7) is 2.96. The van der Waals surface area contributed by atoms with Crippen molar-refractivity contribution in [2.24, 2.45) is 5.73 Å². The number of morpholine rings is 1. The van der Waals surface area contributed by atoms with Crippen molar-refractivity contribution < 1.29 is 9.53 Å². The molecule has 0 bridgehead atoms. The van der Waals surface area contributed by atoms with Crippen molar-refractivity contribution in [2.75, 3.05) is 31.2 Å². The molecule has 0 spiro atoms. The summed E-state index contributed by atoms with van der Waals surface area (Å²) in [6, 6.07) is 14.6. The number of carbonyl (C=O) groups excluding carboxylic acids is 1. The summed E-state index contributed by atoms with van der Waals surface area (Å²) in [7, 11) is 0. The molecule has 128 valence electrons. The number of nitrogens with two attached hydrogens (primary N) is 1. The second-order valence-electron chi connectivity index (χ2n) is 6.09. The SMILES string of the molecule is NC(=O)c1sc(N2CCOCC2)nc1Cc1ccc2ccccc2c1. The van der Waals surface area contributed by atoms with Crippen molar-refractivity contribution in [3.8, 4) is 0 Å². The maximum Gasteiger partial charge on any atom is 0.260 e. The summed E-state index contributed by atoms with van der Waals surface area (Å²) in [5.74, 6) is -0.409. The van der Waals surface area contributed by atoms with Gasteiger partial charge in [-0.05, 0) is 16.3 Å². The number of nitrogens with zero attached hydrogens (tertiary/aromatic N) is 2. The van der Waals surface area contributed by atoms with E-state index in [0.29, 0.717) is 24.5 Å². The van der Waals surface area contributed by atoms with Crippen LogP contribution in [0.1, 0.15) is 20.9 Å². The van der Waals surface area contributed by atoms with Gasteiger partial charge >= 0.3 is 0 Å². The summed E-state index contributed by atoms with van der Waals surface area (Å²) in [5.41, 5.74) is 7.47. The van der Waals surface area contributed by atoms with Crippen LogP contribution in [-0.4, -0.2) is 37.2 Å². The van der Waals surface area contributed by atoms with Crippen LogP contribution in [0, 0.1) is 0 Å². The molecule has 1 aliphatic heterocycles. The van der Waals surface area contributed by atoms with Crippen LogP contribution in [0.4, 0.5) is 5.13 Å². The van der Waals surface area contributed by atoms with Gasteiger partial charge in [-0.3, -0.25) is 4.79 Å². The van der Waals surface area contributed by atoms with E-state index in [4.69, 9.17) is 15.5 Å². The monoisotopic (exact) mass is 353 g/mol. The molecule has 1 fully saturated rings. The van der Waals surface area contributed by atoms with Gasteiger partial charge in [-0.2, -0.15) is 0 Å². The number of hydrogen-bond acceptors (Lipinski definition) is 5. The van der Waals surface area contributed by atoms with Gasteiger partial charge in [-0.25, -0.2) is 4.98 Å². The predicted molar refractivity (Wildman–Crippen MR) is 100 cm³/mol. The van der Waals surface area contributed by atoms with Gasteiger partial charge in [0.1, 0.15) is 4.88 Å². The lowest BCUT2D eigenvalue weighted by molar-refractivity contribution is 0.100. The number of anilines is 1. The van der Waals surface area contributed by atoms with Gasteiger partial charge in [-0.1, -0.05) is 53.8 Å². The van der Waals surface area contributed by atoms with E-state index in [1.54, 1.807) is 0 Å². The van der Waals surface area contributed by atoms with Gasteiger partial charge in [0, 0.05) is 19.5 Å². The van der Waals surface area contributed by atoms with E-state index in [9.17, 15) is 4.79 Å². The molecule has 2 heterocycles. The second kappa shape index (κ2) is 6.82. The molecule has 0 atom stereocenters. The zero-order valence-corrected chi connectivity index (χ0v) is 14.6. The first-order chi connectivity index (χ1) is 12.2. The summed E-state index contributed by atoms with van der Waals surface area (Å²) in [4.78, 5) is 19.3. The highest BCUT2D eigenvalue weighted by atomic mass is 32.1. The Morgan fingerprint density at radius 2 is 1.92 bits per heavy atom. The van der Waals surface area contributed by atoms with E-state index >= 15 is 0 Å². The van der Waals surface area contributed by atoms with Crippen LogP contribution < -0.4 is 10.6 Å². The van der Waals surface area contributed by atoms with E-state index in [2.05, 4.69) is 35.2 Å². The number of hydrogen-bond donors (Lipinski definition) is 1. The number of primary amides is 1. The standard InChI is InChI=1S/C19H19N3O2S/c20-18(23)17-16(21-19(25-17)22-7-9-24-10-8-22)12-13-5-6-14-3-1-2-4-15(14)11-13/h1-6,11H,7-10,12H2,(H2,20,23). The van der Waals surface area contributed by atoms with Gasteiger partial charge in [0.15, 0.2) is 5.13 Å². The molecule has 5 nitrogen and oxygen atoms in total. The summed E-state index contributed by atoms with van der Waals surface area (Å²) < 4.78 is 5.39. The topological polar surface area (TPSA) is 68.5 Å². The average Bonchev–Trinajstić information content (AvgIpc) is 3.06. The van der Waals surface area contributed by atoms with Gasteiger partial charge in [0.2, 0.25) is 0 Å². The quantitative estimate of drug-likeness (QED) is 0.783. The van der Waals surface area contributed by atoms with E-state index in [-0.39, 0.29) is 0 Å². The number of benzene rings is 2. The zero-order chi connectivity index (χ0) is 17.2. The maximum absolute atomic E-state index is 11.9. The number of thiazole rings is 1. The number of aromatic nitrogens is 1. The number of rotatable bonds is 4. The first-order valence-corrected chi connectivity index (χ1v) is 9.12. The van der Waals surface area contributed by atoms with Crippen molar-refractivity contribution >= 4 is 33.1 Å². The highest BCUT2D eigenvalue weighted by Gasteiger charge is 2.21. The van der Waals surface area contributed by atoms with E-state index in [0.717, 1.165) is 29.5 Å². The third kappa shape index (κ3) is 3.36. The first-order valence-electron chi connectivity index (χ1n) is 8.30. The minimum absolute atomic E-state index is 0.409. The van der Waals surface area contributed by atoms with Crippen LogP contribution in [0.25, 0.3) is 10.8 Å². The largest absolute Gasteiger partial charge is 0.378 e. The molecule has 1 saturated heterocycles. The molecule has 6 heteroatoms. The van der Waals surface area contributed by atoms with Crippen molar-refractivity contribution in [1.82, 2.24) is 4.98 Å². The van der Waals surface area contributed by atoms with E-state index < -0.39 is 5.91 Å². The number of ether oxygens (including phenoxy) is 1. The molecular weight excluding hydrogens is 334 g/mol. The Morgan fingerprint density at radius 3 is 2.68 bits per heavy atom. The number of fused-ring (bicyclic) bond motifs is 1. The molecular formula is C19H19N3O2S. The van der Waals surface area contributed by atoms with Gasteiger partial charge < -0.3 is 15.4 Å². The highest BCUT2D eigenvalue weighted by molar-refractivity contribution is 7.17. The van der Waals surface area contributed by atoms with Crippen LogP contribution in [0.5, 0.6) is 0 Å². The Hall–Kier alpha value is -2.44. The summed E-state index contributed by atoms with van der Waals surface area (Å²) >= 11 is 1.38. The zero-order valence-electron chi connectivity index (χ0n) is 13.8. The van der Waals surface area contributed by atoms with Crippen LogP contribution in [-0.2, 0) is 11.2 Å². The van der Waals surface area contributed by atoms with Gasteiger partial charge in [-0.15, -0.1) is 0 Å². The lowest BCUT2D eigenvalue weighted by atomic mass is 10.0. The van der Waals surface area contributed by atoms with Crippen molar-refractivity contribution in [3.63, 3.8) is 0 Å². The molecule has 1 aromatic heterocycles. The minimum atomic E-state index is -0.409. The predicted octanol–water partition coefficient (Wildman–Crippen LogP) is 2.82. The first kappa shape index (κ1) is 16.1. The van der Waals surface area contributed by atoms with Crippen LogP contribution in [0.15, 0.2) is 42.5 Å². The lowest BCUT2D eigenvalue weighted by Gasteiger charge is -2.26. The smallest absolute Gasteiger partial charge is 0.260 e. The third-order valence-electron chi connectivity index (χ3n) is 4.38. The molecule has 0 unspecified atom stereocenters. The third-order valence-corrected chi connectivity index (χ3v) is 5.55. The molecule has 1 aliphatic rings. The second-order valence-corrected chi connectivity index (χ2v) is 7.07. The molecule has 1 amide bonds. The summed E-state index contributed by atoms with van der Waals surface area (Å²) in [6.07, 6.45) is 0.601. The highest BCUT2D eigenvalue weighted by Crippen LogP contribution is 2.29. The molecule has 4 rings (SSSR count). The Kier molecular flexibility index (Phi) is 4.38. The summed E-state index contributed by atoms with van der Waals surface area (Å²) in [5, 5.41) is 3.24. The maximum atomic E-state index is 11.9. The van der Waals surface area contributed by atoms with Crippen molar-refractivity contribution in [1.29, 1.82) is 0 Å². The molecule has 3 aromatic rings. The molecule has 2 aromatic carbocycles. The fraction of sp³-hybridized carbons (Fsp3) is 0.263. The molecule has 0 saturated carbocycles. The van der Waals surface area contributed by atoms with E-state index in [1.165, 1.54) is 22.1 Å². The Morgan fingerprint density at radius 1 is 1.16 bits per heavy atom. The molecule has 25 heavy (non-hydrogen) atoms. The lowest BCUT2D eigenvalue weighted by Crippen LogP contribution is -2.36. The van der Waals surface area contributed by atoms with Gasteiger partial charge in [0.05, 0.1) is 18.9 Å². The van der Waals surface area contributed by atoms with Crippen molar-refractivity contribution in [3.05, 3.63) is 58.6 Å². The Bertz CT molecular complexity index is 916. The average molecular weight is 353 g/mol. The van der Waals surface area contributed by atoms with Crippen LogP contribution in [0.3, 0.4) is 0 Å². The fourth-order valence-corrected chi connectivity index (χ4v) is 4.07. The minimum Gasteiger partial charge on any atom is -0.378 e. The Labute approximate surface area is 150 Å². The number of carbonyl (C=O) groups is 1. The fourth-order valence-electron chi connectivity index (χ4n) is 3.08. The molecule has 0 aliphatic carbocycles. The normalized spacial score (nSPS) is 14.8. The van der Waals surface area contributed by atoms with Crippen LogP contribution in [0.2, 0.25) is 0 Å². The van der Waals surface area contributed by atoms with E-state index in [1.807, 2.05) is 12.1 Å². The molecule has 0 radical (unpaired) electrons. The van der Waals surface area contributed by atoms with Crippen LogP contribution >= 0.6 is 11.3 Å². The Balaban J connectivity index is 1.65. The number of amides is 1. The van der Waals surface area contributed by atoms with Crippen molar-refractivity contribution in [2.45, 2.75) is 6.42 Å². The van der Waals surface area contributed by atoms with Gasteiger partial charge in [0.25, 0.3) is 5.91 Å². The molecule has 2 N–H and O–H groups in total.